The molecule has 4 heteroatoms. The molecule has 0 saturated carbocycles. The zero-order chi connectivity index (χ0) is 5.54. The van der Waals surface area contributed by atoms with Crippen molar-refractivity contribution in [2.75, 3.05) is 10.2 Å². The van der Waals surface area contributed by atoms with E-state index >= 15 is 0 Å². The summed E-state index contributed by atoms with van der Waals surface area (Å²) in [6, 6.07) is 0. The van der Waals surface area contributed by atoms with E-state index in [-0.39, 0.29) is 0 Å². The summed E-state index contributed by atoms with van der Waals surface area (Å²) in [4.78, 5) is 0. The van der Waals surface area contributed by atoms with Crippen LogP contribution in [0.4, 0.5) is 0 Å². The third kappa shape index (κ3) is 7.77. The maximum absolute atomic E-state index is 2.99. The lowest BCUT2D eigenvalue weighted by atomic mass is 10.6. The summed E-state index contributed by atoms with van der Waals surface area (Å²) >= 11 is 6.29. The number of alkyl halides is 1. The third-order valence-electron chi connectivity index (χ3n) is 0.435. The number of hydrogen-bond donors (Lipinski definition) is 1. The van der Waals surface area contributed by atoms with Gasteiger partial charge in [-0.3, -0.25) is 0 Å². The van der Waals surface area contributed by atoms with Gasteiger partial charge in [-0.15, -0.1) is 0 Å². The summed E-state index contributed by atoms with van der Waals surface area (Å²) in [5.74, 6) is 1.23. The van der Waals surface area contributed by atoms with Crippen molar-refractivity contribution in [2.45, 2.75) is 6.42 Å². The van der Waals surface area contributed by atoms with Gasteiger partial charge in [-0.2, -0.15) is 0 Å². The van der Waals surface area contributed by atoms with Gasteiger partial charge in [-0.05, 0) is 6.42 Å². The van der Waals surface area contributed by atoms with E-state index in [1.54, 1.807) is 11.9 Å². The molecule has 0 saturated heterocycles. The quantitative estimate of drug-likeness (QED) is 0.277. The van der Waals surface area contributed by atoms with Crippen LogP contribution >= 0.6 is 57.4 Å². The van der Waals surface area contributed by atoms with E-state index < -0.39 is 0 Å². The fourth-order valence-electron chi connectivity index (χ4n) is 0.165. The highest BCUT2D eigenvalue weighted by Gasteiger charge is 1.81. The maximum atomic E-state index is 2.99. The Balaban J connectivity index is 2.45. The predicted octanol–water partition coefficient (Wildman–Crippen LogP) is 2.40. The van der Waals surface area contributed by atoms with Crippen LogP contribution in [-0.4, -0.2) is 10.2 Å². The molecule has 0 amide bonds. The van der Waals surface area contributed by atoms with Crippen LogP contribution in [0.3, 0.4) is 0 Å². The highest BCUT2D eigenvalue weighted by Crippen LogP contribution is 2.00. The van der Waals surface area contributed by atoms with Crippen LogP contribution in [-0.2, 0) is 0 Å². The Morgan fingerprint density at radius 2 is 2.29 bits per heavy atom. The van der Waals surface area contributed by atoms with Crippen LogP contribution in [0.2, 0.25) is 0 Å². The molecule has 0 atom stereocenters. The average molecular weight is 343 g/mol. The van der Waals surface area contributed by atoms with Crippen LogP contribution in [0.25, 0.3) is 0 Å². The van der Waals surface area contributed by atoms with Gasteiger partial charge in [-0.25, -0.2) is 2.94 Å². The monoisotopic (exact) mass is 343 g/mol. The van der Waals surface area contributed by atoms with Gasteiger partial charge in [0, 0.05) is 33.0 Å². The molecule has 0 aromatic rings. The van der Waals surface area contributed by atoms with Gasteiger partial charge in [0.25, 0.3) is 0 Å². The van der Waals surface area contributed by atoms with Crippen molar-refractivity contribution in [3.05, 3.63) is 0 Å². The highest BCUT2D eigenvalue weighted by molar-refractivity contribution is 14.1. The first-order valence-electron chi connectivity index (χ1n) is 1.95. The molecule has 0 aromatic heterocycles. The van der Waals surface area contributed by atoms with Gasteiger partial charge >= 0.3 is 0 Å². The van der Waals surface area contributed by atoms with Crippen molar-refractivity contribution in [2.24, 2.45) is 0 Å². The standard InChI is InChI=1S/C3H7I2NS/c4-2-1-3-7-6-5/h6H,1-3H2. The summed E-state index contributed by atoms with van der Waals surface area (Å²) in [6.45, 7) is 0. The van der Waals surface area contributed by atoms with Gasteiger partial charge in [0.15, 0.2) is 0 Å². The molecule has 44 valence electrons. The molecule has 0 rings (SSSR count). The lowest BCUT2D eigenvalue weighted by molar-refractivity contribution is 1.15. The molecule has 0 radical (unpaired) electrons. The number of hydrogen-bond acceptors (Lipinski definition) is 2. The maximum Gasteiger partial charge on any atom is 0.0286 e. The smallest absolute Gasteiger partial charge is 0.0286 e. The van der Waals surface area contributed by atoms with Crippen LogP contribution in [0.15, 0.2) is 0 Å². The minimum Gasteiger partial charge on any atom is -0.205 e. The summed E-state index contributed by atoms with van der Waals surface area (Å²) < 4.78 is 4.25. The molecule has 0 unspecified atom stereocenters. The Kier molecular flexibility index (Phi) is 9.73. The number of halogens is 2. The van der Waals surface area contributed by atoms with Crippen molar-refractivity contribution in [3.8, 4) is 0 Å². The first kappa shape index (κ1) is 8.77. The van der Waals surface area contributed by atoms with E-state index in [1.807, 2.05) is 0 Å². The summed E-state index contributed by atoms with van der Waals surface area (Å²) in [7, 11) is 0. The minimum atomic E-state index is 1.23. The van der Waals surface area contributed by atoms with Crippen molar-refractivity contribution in [3.63, 3.8) is 0 Å². The summed E-state index contributed by atoms with van der Waals surface area (Å²) in [5.41, 5.74) is 0. The molecule has 0 aromatic carbocycles. The van der Waals surface area contributed by atoms with Gasteiger partial charge in [0.1, 0.15) is 0 Å². The van der Waals surface area contributed by atoms with Crippen molar-refractivity contribution in [1.29, 1.82) is 0 Å². The molecule has 0 fully saturated rings. The van der Waals surface area contributed by atoms with Crippen LogP contribution in [0.5, 0.6) is 0 Å². The second-order valence-electron chi connectivity index (χ2n) is 0.968. The molecular weight excluding hydrogens is 336 g/mol. The second kappa shape index (κ2) is 7.77. The molecule has 7 heavy (non-hydrogen) atoms. The normalized spacial score (nSPS) is 9.43. The van der Waals surface area contributed by atoms with E-state index in [4.69, 9.17) is 0 Å². The van der Waals surface area contributed by atoms with Crippen molar-refractivity contribution in [1.82, 2.24) is 2.94 Å². The molecule has 1 N–H and O–H groups in total. The molecule has 1 nitrogen and oxygen atoms in total. The van der Waals surface area contributed by atoms with Crippen LogP contribution < -0.4 is 2.94 Å². The highest BCUT2D eigenvalue weighted by atomic mass is 127. The van der Waals surface area contributed by atoms with Gasteiger partial charge in [0.05, 0.1) is 0 Å². The molecule has 0 heterocycles. The first-order chi connectivity index (χ1) is 3.41. The Labute approximate surface area is 76.2 Å². The molecule has 0 bridgehead atoms. The predicted molar refractivity (Wildman–Crippen MR) is 53.1 cm³/mol. The Bertz CT molecular complexity index is 32.1. The number of nitrogens with one attached hydrogen (secondary N) is 1. The van der Waals surface area contributed by atoms with Gasteiger partial charge in [-0.1, -0.05) is 34.5 Å². The number of rotatable bonds is 4. The lowest BCUT2D eigenvalue weighted by Crippen LogP contribution is -1.85. The Morgan fingerprint density at radius 3 is 2.71 bits per heavy atom. The van der Waals surface area contributed by atoms with E-state index in [9.17, 15) is 0 Å². The topological polar surface area (TPSA) is 12.0 Å². The fraction of sp³-hybridized carbons (Fsp3) is 1.00. The molecule has 0 aliphatic carbocycles. The van der Waals surface area contributed by atoms with Crippen molar-refractivity contribution >= 4 is 57.4 Å². The fourth-order valence-corrected chi connectivity index (χ4v) is 2.09. The average Bonchev–Trinajstić information content (AvgIpc) is 1.69. The molecule has 0 aliphatic heterocycles. The molecule has 0 spiro atoms. The van der Waals surface area contributed by atoms with Crippen LogP contribution in [0.1, 0.15) is 6.42 Å². The minimum absolute atomic E-state index is 1.23. The Hall–Kier alpha value is 1.77. The second-order valence-corrected chi connectivity index (χ2v) is 4.22. The lowest BCUT2D eigenvalue weighted by Gasteiger charge is -1.90. The van der Waals surface area contributed by atoms with Crippen LogP contribution in [0, 0.1) is 0 Å². The SMILES string of the molecule is ICCCSNI. The zero-order valence-electron chi connectivity index (χ0n) is 3.79. The van der Waals surface area contributed by atoms with E-state index in [0.717, 1.165) is 0 Å². The van der Waals surface area contributed by atoms with Gasteiger partial charge < -0.3 is 0 Å². The third-order valence-corrected chi connectivity index (χ3v) is 2.73. The molecular formula is C3H7I2NS. The summed E-state index contributed by atoms with van der Waals surface area (Å²) in [5, 5.41) is 0. The zero-order valence-corrected chi connectivity index (χ0v) is 8.92. The van der Waals surface area contributed by atoms with E-state index in [0.29, 0.717) is 0 Å². The Morgan fingerprint density at radius 1 is 1.57 bits per heavy atom. The van der Waals surface area contributed by atoms with Crippen molar-refractivity contribution < 1.29 is 0 Å². The molecule has 0 aliphatic rings. The largest absolute Gasteiger partial charge is 0.205 e. The van der Waals surface area contributed by atoms with E-state index in [2.05, 4.69) is 48.4 Å². The first-order valence-corrected chi connectivity index (χ1v) is 5.54. The van der Waals surface area contributed by atoms with Gasteiger partial charge in [0.2, 0.25) is 0 Å². The van der Waals surface area contributed by atoms with E-state index in [1.165, 1.54) is 16.6 Å². The summed E-state index contributed by atoms with van der Waals surface area (Å²) in [6.07, 6.45) is 1.31.